The van der Waals surface area contributed by atoms with E-state index in [0.717, 1.165) is 11.0 Å². The summed E-state index contributed by atoms with van der Waals surface area (Å²) in [5.41, 5.74) is 0. The van der Waals surface area contributed by atoms with E-state index in [1.165, 1.54) is 13.0 Å². The van der Waals surface area contributed by atoms with Crippen LogP contribution in [0.25, 0.3) is 0 Å². The highest BCUT2D eigenvalue weighted by Crippen LogP contribution is 1.96. The van der Waals surface area contributed by atoms with Crippen molar-refractivity contribution >= 4 is 0 Å². The molecule has 9 heavy (non-hydrogen) atoms. The molecule has 0 aromatic rings. The fourth-order valence-electron chi connectivity index (χ4n) is 0.932. The quantitative estimate of drug-likeness (QED) is 0.392. The molecule has 0 atom stereocenters. The summed E-state index contributed by atoms with van der Waals surface area (Å²) in [5, 5.41) is 0. The van der Waals surface area contributed by atoms with Gasteiger partial charge in [0.15, 0.2) is 0 Å². The van der Waals surface area contributed by atoms with Crippen molar-refractivity contribution in [3.8, 4) is 12.3 Å². The Labute approximate surface area is 58.3 Å². The topological polar surface area (TPSA) is 0 Å². The summed E-state index contributed by atoms with van der Waals surface area (Å²) in [6, 6.07) is 0. The Bertz CT molecular complexity index is 108. The van der Waals surface area contributed by atoms with Crippen molar-refractivity contribution in [3.05, 3.63) is 0 Å². The van der Waals surface area contributed by atoms with Crippen LogP contribution in [0.15, 0.2) is 0 Å². The number of terminal acetylenes is 1. The second-order valence-corrected chi connectivity index (χ2v) is 3.02. The average Bonchev–Trinajstić information content (AvgIpc) is 1.64. The van der Waals surface area contributed by atoms with Crippen LogP contribution >= 0.6 is 0 Å². The first-order chi connectivity index (χ1) is 4.12. The molecule has 0 bridgehead atoms. The van der Waals surface area contributed by atoms with Crippen molar-refractivity contribution in [2.45, 2.75) is 13.3 Å². The van der Waals surface area contributed by atoms with E-state index in [9.17, 15) is 0 Å². The molecule has 0 fully saturated rings. The van der Waals surface area contributed by atoms with Crippen LogP contribution in [0, 0.1) is 12.3 Å². The Morgan fingerprint density at radius 3 is 2.33 bits per heavy atom. The van der Waals surface area contributed by atoms with Gasteiger partial charge in [-0.25, -0.2) is 0 Å². The van der Waals surface area contributed by atoms with Gasteiger partial charge in [0.2, 0.25) is 0 Å². The summed E-state index contributed by atoms with van der Waals surface area (Å²) in [7, 11) is 4.31. The van der Waals surface area contributed by atoms with E-state index in [-0.39, 0.29) is 0 Å². The van der Waals surface area contributed by atoms with E-state index in [1.807, 2.05) is 0 Å². The largest absolute Gasteiger partial charge is 0.318 e. The standard InChI is InChI=1S/C8H16N/c1-5-7-9(3,4)8-6-2/h1H,6-8H2,2-4H3/q+1. The molecule has 0 aromatic heterocycles. The van der Waals surface area contributed by atoms with Crippen molar-refractivity contribution in [2.75, 3.05) is 27.2 Å². The lowest BCUT2D eigenvalue weighted by atomic mass is 10.4. The van der Waals surface area contributed by atoms with Crippen molar-refractivity contribution in [1.82, 2.24) is 0 Å². The van der Waals surface area contributed by atoms with Crippen LogP contribution in [0.1, 0.15) is 13.3 Å². The number of hydrogen-bond donors (Lipinski definition) is 0. The summed E-state index contributed by atoms with van der Waals surface area (Å²) < 4.78 is 0.951. The molecule has 0 unspecified atom stereocenters. The second-order valence-electron chi connectivity index (χ2n) is 3.02. The molecular weight excluding hydrogens is 110 g/mol. The Morgan fingerprint density at radius 1 is 1.44 bits per heavy atom. The molecule has 0 radical (unpaired) electrons. The molecular formula is C8H16N+. The summed E-state index contributed by atoms with van der Waals surface area (Å²) in [4.78, 5) is 0. The predicted molar refractivity (Wildman–Crippen MR) is 41.0 cm³/mol. The van der Waals surface area contributed by atoms with Gasteiger partial charge in [0.1, 0.15) is 6.54 Å². The highest BCUT2D eigenvalue weighted by atomic mass is 15.3. The zero-order valence-corrected chi connectivity index (χ0v) is 6.65. The number of hydrogen-bond acceptors (Lipinski definition) is 0. The Kier molecular flexibility index (Phi) is 3.34. The van der Waals surface area contributed by atoms with E-state index < -0.39 is 0 Å². The highest BCUT2D eigenvalue weighted by molar-refractivity contribution is 4.82. The van der Waals surface area contributed by atoms with Crippen LogP contribution in [0.3, 0.4) is 0 Å². The zero-order chi connectivity index (χ0) is 7.33. The van der Waals surface area contributed by atoms with Crippen LogP contribution in [-0.2, 0) is 0 Å². The van der Waals surface area contributed by atoms with Crippen LogP contribution in [0.5, 0.6) is 0 Å². The van der Waals surface area contributed by atoms with Gasteiger partial charge >= 0.3 is 0 Å². The predicted octanol–water partition coefficient (Wildman–Crippen LogP) is 1.11. The van der Waals surface area contributed by atoms with Gasteiger partial charge in [-0.1, -0.05) is 6.92 Å². The minimum atomic E-state index is 0.841. The van der Waals surface area contributed by atoms with E-state index in [1.54, 1.807) is 0 Å². The normalized spacial score (nSPS) is 10.9. The second kappa shape index (κ2) is 3.53. The molecule has 0 spiro atoms. The maximum absolute atomic E-state index is 5.18. The van der Waals surface area contributed by atoms with Crippen LogP contribution in [0.2, 0.25) is 0 Å². The van der Waals surface area contributed by atoms with Crippen molar-refractivity contribution in [2.24, 2.45) is 0 Å². The van der Waals surface area contributed by atoms with Gasteiger partial charge in [-0.15, -0.1) is 6.42 Å². The first kappa shape index (κ1) is 8.52. The van der Waals surface area contributed by atoms with Gasteiger partial charge in [0.05, 0.1) is 20.6 Å². The van der Waals surface area contributed by atoms with Crippen LogP contribution in [-0.4, -0.2) is 31.7 Å². The molecule has 52 valence electrons. The first-order valence-electron chi connectivity index (χ1n) is 3.38. The number of quaternary nitrogens is 1. The molecule has 1 heteroatoms. The van der Waals surface area contributed by atoms with Gasteiger partial charge in [0, 0.05) is 0 Å². The zero-order valence-electron chi connectivity index (χ0n) is 6.65. The molecule has 0 aliphatic heterocycles. The Morgan fingerprint density at radius 2 is 2.00 bits per heavy atom. The lowest BCUT2D eigenvalue weighted by Crippen LogP contribution is -2.40. The molecule has 0 aromatic carbocycles. The van der Waals surface area contributed by atoms with Crippen LogP contribution < -0.4 is 0 Å². The molecule has 0 aliphatic rings. The third-order valence-corrected chi connectivity index (χ3v) is 1.35. The third kappa shape index (κ3) is 4.05. The highest BCUT2D eigenvalue weighted by Gasteiger charge is 2.09. The SMILES string of the molecule is C#CC[N+](C)(C)CCC. The lowest BCUT2D eigenvalue weighted by molar-refractivity contribution is -0.883. The molecule has 0 amide bonds. The summed E-state index contributed by atoms with van der Waals surface area (Å²) in [6.07, 6.45) is 6.38. The Balaban J connectivity index is 3.59. The number of nitrogens with zero attached hydrogens (tertiary/aromatic N) is 1. The molecule has 0 saturated heterocycles. The van der Waals surface area contributed by atoms with Gasteiger partial charge < -0.3 is 4.48 Å². The fourth-order valence-corrected chi connectivity index (χ4v) is 0.932. The van der Waals surface area contributed by atoms with Gasteiger partial charge in [0.25, 0.3) is 0 Å². The first-order valence-corrected chi connectivity index (χ1v) is 3.38. The molecule has 0 saturated carbocycles. The summed E-state index contributed by atoms with van der Waals surface area (Å²) in [6.45, 7) is 4.19. The summed E-state index contributed by atoms with van der Waals surface area (Å²) >= 11 is 0. The monoisotopic (exact) mass is 126 g/mol. The van der Waals surface area contributed by atoms with Crippen LogP contribution in [0.4, 0.5) is 0 Å². The van der Waals surface area contributed by atoms with Crippen molar-refractivity contribution in [3.63, 3.8) is 0 Å². The molecule has 1 nitrogen and oxygen atoms in total. The number of rotatable bonds is 3. The fraction of sp³-hybridized carbons (Fsp3) is 0.750. The molecule has 0 rings (SSSR count). The van der Waals surface area contributed by atoms with Gasteiger partial charge in [-0.05, 0) is 12.3 Å². The maximum Gasteiger partial charge on any atom is 0.140 e. The maximum atomic E-state index is 5.18. The smallest absolute Gasteiger partial charge is 0.140 e. The summed E-state index contributed by atoms with van der Waals surface area (Å²) in [5.74, 6) is 2.66. The molecule has 0 heterocycles. The molecule has 0 aliphatic carbocycles. The van der Waals surface area contributed by atoms with E-state index in [4.69, 9.17) is 6.42 Å². The van der Waals surface area contributed by atoms with E-state index >= 15 is 0 Å². The van der Waals surface area contributed by atoms with Crippen molar-refractivity contribution in [1.29, 1.82) is 0 Å². The van der Waals surface area contributed by atoms with Gasteiger partial charge in [-0.2, -0.15) is 0 Å². The van der Waals surface area contributed by atoms with Crippen molar-refractivity contribution < 1.29 is 4.48 Å². The third-order valence-electron chi connectivity index (χ3n) is 1.35. The molecule has 0 N–H and O–H groups in total. The minimum absolute atomic E-state index is 0.841. The minimum Gasteiger partial charge on any atom is -0.318 e. The average molecular weight is 126 g/mol. The van der Waals surface area contributed by atoms with E-state index in [2.05, 4.69) is 26.9 Å². The van der Waals surface area contributed by atoms with Gasteiger partial charge in [-0.3, -0.25) is 0 Å². The van der Waals surface area contributed by atoms with E-state index in [0.29, 0.717) is 0 Å². The lowest BCUT2D eigenvalue weighted by Gasteiger charge is -2.26. The Hall–Kier alpha value is -0.480.